The molecule has 5 nitrogen and oxygen atoms in total. The van der Waals surface area contributed by atoms with Gasteiger partial charge in [-0.2, -0.15) is 0 Å². The van der Waals surface area contributed by atoms with Gasteiger partial charge in [0.25, 0.3) is 0 Å². The Bertz CT molecular complexity index is 811. The molecule has 2 bridgehead atoms. The number of hydrogen-bond donors (Lipinski definition) is 0. The van der Waals surface area contributed by atoms with E-state index >= 15 is 0 Å². The molecule has 0 aromatic heterocycles. The third-order valence-corrected chi connectivity index (χ3v) is 8.79. The quantitative estimate of drug-likeness (QED) is 0.275. The van der Waals surface area contributed by atoms with E-state index in [1.54, 1.807) is 0 Å². The summed E-state index contributed by atoms with van der Waals surface area (Å²) in [6, 6.07) is 0. The van der Waals surface area contributed by atoms with E-state index in [1.165, 1.54) is 18.9 Å². The zero-order chi connectivity index (χ0) is 24.6. The lowest BCUT2D eigenvalue weighted by Crippen LogP contribution is -2.39. The maximum Gasteiger partial charge on any atom is 0.331 e. The van der Waals surface area contributed by atoms with Crippen molar-refractivity contribution in [1.29, 1.82) is 0 Å². The van der Waals surface area contributed by atoms with E-state index in [0.717, 1.165) is 25.7 Å². The van der Waals surface area contributed by atoms with Crippen molar-refractivity contribution in [3.05, 3.63) is 23.8 Å². The van der Waals surface area contributed by atoms with E-state index in [0.29, 0.717) is 41.1 Å². The Labute approximate surface area is 205 Å². The largest absolute Gasteiger partial charge is 0.462 e. The third-order valence-electron chi connectivity index (χ3n) is 8.79. The van der Waals surface area contributed by atoms with Crippen LogP contribution in [0.1, 0.15) is 80.1 Å². The Hall–Kier alpha value is -1.62. The second kappa shape index (κ2) is 10.6. The van der Waals surface area contributed by atoms with Crippen LogP contribution in [0.15, 0.2) is 23.8 Å². The fourth-order valence-corrected chi connectivity index (χ4v) is 6.70. The van der Waals surface area contributed by atoms with E-state index in [4.69, 9.17) is 14.2 Å². The predicted molar refractivity (Wildman–Crippen MR) is 132 cm³/mol. The van der Waals surface area contributed by atoms with Crippen LogP contribution in [0.2, 0.25) is 0 Å². The van der Waals surface area contributed by atoms with E-state index < -0.39 is 5.92 Å². The monoisotopic (exact) mass is 472 g/mol. The van der Waals surface area contributed by atoms with Crippen molar-refractivity contribution in [2.75, 3.05) is 0 Å². The molecule has 0 aromatic rings. The first-order chi connectivity index (χ1) is 16.1. The van der Waals surface area contributed by atoms with Crippen molar-refractivity contribution in [3.63, 3.8) is 0 Å². The summed E-state index contributed by atoms with van der Waals surface area (Å²) in [6.45, 7) is 13.3. The maximum atomic E-state index is 13.4. The van der Waals surface area contributed by atoms with E-state index in [-0.39, 0.29) is 36.4 Å². The SMILES string of the molecule is CC(C)[C@@H]1CC[C@@H](C)C[C@H]1OC(=O)/C=C1/C2C=CC(O2)C1C(=O)O[C@@H]1C[C@H](C)CC[C@H]1C(C)C. The highest BCUT2D eigenvalue weighted by atomic mass is 16.6. The molecule has 0 amide bonds. The van der Waals surface area contributed by atoms with Gasteiger partial charge in [-0.25, -0.2) is 4.79 Å². The van der Waals surface area contributed by atoms with Crippen molar-refractivity contribution in [2.45, 2.75) is 104 Å². The van der Waals surface area contributed by atoms with E-state index in [1.807, 2.05) is 12.2 Å². The molecular weight excluding hydrogens is 428 g/mol. The summed E-state index contributed by atoms with van der Waals surface area (Å²) >= 11 is 0. The van der Waals surface area contributed by atoms with Gasteiger partial charge in [-0.05, 0) is 66.8 Å². The first-order valence-electron chi connectivity index (χ1n) is 13.6. The van der Waals surface area contributed by atoms with Gasteiger partial charge < -0.3 is 14.2 Å². The van der Waals surface area contributed by atoms with Crippen molar-refractivity contribution in [1.82, 2.24) is 0 Å². The van der Waals surface area contributed by atoms with Crippen LogP contribution < -0.4 is 0 Å². The molecule has 2 aliphatic carbocycles. The van der Waals surface area contributed by atoms with Gasteiger partial charge in [-0.3, -0.25) is 4.79 Å². The van der Waals surface area contributed by atoms with Crippen molar-refractivity contribution in [2.24, 2.45) is 41.4 Å². The molecule has 0 N–H and O–H groups in total. The van der Waals surface area contributed by atoms with Gasteiger partial charge in [-0.1, -0.05) is 66.5 Å². The summed E-state index contributed by atoms with van der Waals surface area (Å²) in [7, 11) is 0. The smallest absolute Gasteiger partial charge is 0.331 e. The minimum atomic E-state index is -0.557. The molecule has 0 spiro atoms. The lowest BCUT2D eigenvalue weighted by molar-refractivity contribution is -0.160. The normalized spacial score (nSPS) is 40.8. The summed E-state index contributed by atoms with van der Waals surface area (Å²) < 4.78 is 18.1. The predicted octanol–water partition coefficient (Wildman–Crippen LogP) is 5.87. The van der Waals surface area contributed by atoms with Crippen LogP contribution in [0, 0.1) is 41.4 Å². The lowest BCUT2D eigenvalue weighted by atomic mass is 9.75. The second-order valence-corrected chi connectivity index (χ2v) is 12.1. The molecule has 3 unspecified atom stereocenters. The Morgan fingerprint density at radius 2 is 1.44 bits per heavy atom. The van der Waals surface area contributed by atoms with Crippen molar-refractivity contribution in [3.8, 4) is 0 Å². The number of rotatable bonds is 6. The molecule has 0 radical (unpaired) electrons. The zero-order valence-corrected chi connectivity index (χ0v) is 21.9. The molecule has 190 valence electrons. The second-order valence-electron chi connectivity index (χ2n) is 12.1. The van der Waals surface area contributed by atoms with Crippen molar-refractivity contribution >= 4 is 11.9 Å². The molecule has 2 aliphatic heterocycles. The minimum Gasteiger partial charge on any atom is -0.462 e. The number of ether oxygens (including phenoxy) is 3. The Morgan fingerprint density at radius 1 is 0.882 bits per heavy atom. The summed E-state index contributed by atoms with van der Waals surface area (Å²) in [6.07, 6.45) is 10.9. The summed E-state index contributed by atoms with van der Waals surface area (Å²) in [5.41, 5.74) is 0.692. The topological polar surface area (TPSA) is 61.8 Å². The highest BCUT2D eigenvalue weighted by Gasteiger charge is 2.48. The van der Waals surface area contributed by atoms with Crippen LogP contribution in [-0.4, -0.2) is 36.4 Å². The first-order valence-corrected chi connectivity index (χ1v) is 13.6. The molecular formula is C29H44O5. The third kappa shape index (κ3) is 5.45. The molecule has 5 heteroatoms. The fraction of sp³-hybridized carbons (Fsp3) is 0.793. The molecule has 3 fully saturated rings. The van der Waals surface area contributed by atoms with Gasteiger partial charge in [0.2, 0.25) is 0 Å². The Kier molecular flexibility index (Phi) is 7.91. The lowest BCUT2D eigenvalue weighted by Gasteiger charge is -2.37. The number of hydrogen-bond acceptors (Lipinski definition) is 5. The Balaban J connectivity index is 1.47. The van der Waals surface area contributed by atoms with Crippen LogP contribution in [0.3, 0.4) is 0 Å². The summed E-state index contributed by atoms with van der Waals surface area (Å²) in [4.78, 5) is 26.4. The maximum absolute atomic E-state index is 13.4. The zero-order valence-electron chi connectivity index (χ0n) is 21.9. The summed E-state index contributed by atoms with van der Waals surface area (Å²) in [5, 5.41) is 0. The van der Waals surface area contributed by atoms with Gasteiger partial charge in [0.05, 0.1) is 12.2 Å². The number of esters is 2. The van der Waals surface area contributed by atoms with Crippen LogP contribution in [-0.2, 0) is 23.8 Å². The number of carbonyl (C=O) groups excluding carboxylic acids is 2. The van der Waals surface area contributed by atoms with Gasteiger partial charge in [-0.15, -0.1) is 0 Å². The van der Waals surface area contributed by atoms with Crippen LogP contribution >= 0.6 is 0 Å². The molecule has 2 heterocycles. The molecule has 9 atom stereocenters. The van der Waals surface area contributed by atoms with E-state index in [9.17, 15) is 9.59 Å². The first kappa shape index (κ1) is 25.5. The van der Waals surface area contributed by atoms with Crippen LogP contribution in [0.5, 0.6) is 0 Å². The van der Waals surface area contributed by atoms with Gasteiger partial charge in [0.15, 0.2) is 0 Å². The average molecular weight is 473 g/mol. The standard InChI is InChI=1S/C29H44O5/c1-16(2)20-9-7-18(5)13-25(20)33-27(30)15-22-23-11-12-24(32-23)28(22)29(31)34-26-14-19(6)8-10-21(26)17(3)4/h11-12,15-21,23-26,28H,7-10,13-14H2,1-6H3/b22-15-/t18-,19-,20+,21+,23?,24?,25-,26-,28?/m1/s1. The fourth-order valence-electron chi connectivity index (χ4n) is 6.70. The molecule has 4 aliphatic rings. The van der Waals surface area contributed by atoms with Crippen LogP contribution in [0.25, 0.3) is 0 Å². The number of fused-ring (bicyclic) bond motifs is 2. The molecule has 4 rings (SSSR count). The van der Waals surface area contributed by atoms with Crippen molar-refractivity contribution < 1.29 is 23.8 Å². The van der Waals surface area contributed by atoms with E-state index in [2.05, 4.69) is 41.5 Å². The highest BCUT2D eigenvalue weighted by Crippen LogP contribution is 2.42. The van der Waals surface area contributed by atoms with Gasteiger partial charge in [0.1, 0.15) is 18.1 Å². The highest BCUT2D eigenvalue weighted by molar-refractivity contribution is 5.87. The molecule has 2 saturated carbocycles. The molecule has 34 heavy (non-hydrogen) atoms. The van der Waals surface area contributed by atoms with Crippen LogP contribution in [0.4, 0.5) is 0 Å². The summed E-state index contributed by atoms with van der Waals surface area (Å²) in [5.74, 6) is 1.66. The molecule has 0 aromatic carbocycles. The molecule has 1 saturated heterocycles. The minimum absolute atomic E-state index is 0.0657. The Morgan fingerprint density at radius 3 is 2.00 bits per heavy atom. The van der Waals surface area contributed by atoms with Gasteiger partial charge >= 0.3 is 11.9 Å². The average Bonchev–Trinajstić information content (AvgIpc) is 3.35. The van der Waals surface area contributed by atoms with Gasteiger partial charge in [0, 0.05) is 6.08 Å². The number of carbonyl (C=O) groups is 2.